The predicted molar refractivity (Wildman–Crippen MR) is 85.7 cm³/mol. The third kappa shape index (κ3) is 3.41. The average molecular weight is 373 g/mol. The minimum absolute atomic E-state index is 0.0152. The van der Waals surface area contributed by atoms with Crippen LogP contribution >= 0.6 is 11.6 Å². The molecule has 0 bridgehead atoms. The Morgan fingerprint density at radius 3 is 2.71 bits per heavy atom. The van der Waals surface area contributed by atoms with Crippen molar-refractivity contribution in [3.63, 3.8) is 0 Å². The molecule has 24 heavy (non-hydrogen) atoms. The Bertz CT molecular complexity index is 890. The second-order valence-electron chi connectivity index (χ2n) is 4.70. The Labute approximate surface area is 142 Å². The van der Waals surface area contributed by atoms with Crippen molar-refractivity contribution in [2.45, 2.75) is 18.2 Å². The first-order valence-electron chi connectivity index (χ1n) is 6.83. The van der Waals surface area contributed by atoms with Gasteiger partial charge in [0.2, 0.25) is 0 Å². The number of carbonyl (C=O) groups excluding carboxylic acids is 1. The number of rotatable bonds is 6. The third-order valence-electron chi connectivity index (χ3n) is 3.01. The molecule has 0 atom stereocenters. The second-order valence-corrected chi connectivity index (χ2v) is 6.92. The van der Waals surface area contributed by atoms with Crippen LogP contribution < -0.4 is 0 Å². The molecule has 0 unspecified atom stereocenters. The van der Waals surface area contributed by atoms with Crippen molar-refractivity contribution in [2.75, 3.05) is 6.61 Å². The van der Waals surface area contributed by atoms with Gasteiger partial charge in [0.1, 0.15) is 5.69 Å². The highest BCUT2D eigenvalue weighted by Gasteiger charge is 2.30. The van der Waals surface area contributed by atoms with Gasteiger partial charge < -0.3 is 4.74 Å². The zero-order chi connectivity index (χ0) is 17.9. The van der Waals surface area contributed by atoms with Gasteiger partial charge >= 0.3 is 5.97 Å². The van der Waals surface area contributed by atoms with Crippen LogP contribution in [-0.2, 0) is 14.8 Å². The van der Waals surface area contributed by atoms with E-state index in [0.29, 0.717) is 10.4 Å². The first-order valence-corrected chi connectivity index (χ1v) is 8.65. The number of hydrogen-bond acceptors (Lipinski definition) is 6. The lowest BCUT2D eigenvalue weighted by Gasteiger charge is -2.10. The molecule has 2 aromatic rings. The molecule has 0 saturated heterocycles. The van der Waals surface area contributed by atoms with Gasteiger partial charge in [0.05, 0.1) is 11.5 Å². The number of nitro groups is 1. The van der Waals surface area contributed by atoms with Crippen molar-refractivity contribution in [1.29, 1.82) is 0 Å². The Hall–Kier alpha value is -2.39. The van der Waals surface area contributed by atoms with Crippen molar-refractivity contribution in [1.82, 2.24) is 3.97 Å². The van der Waals surface area contributed by atoms with E-state index in [1.54, 1.807) is 6.92 Å². The van der Waals surface area contributed by atoms with Crippen LogP contribution in [0.3, 0.4) is 0 Å². The van der Waals surface area contributed by atoms with Gasteiger partial charge in [-0.05, 0) is 30.7 Å². The number of hydrogen-bond donors (Lipinski definition) is 0. The summed E-state index contributed by atoms with van der Waals surface area (Å²) in [5.74, 6) is -0.838. The van der Waals surface area contributed by atoms with Crippen LogP contribution in [0.4, 0.5) is 5.69 Å². The predicted octanol–water partition coefficient (Wildman–Crippen LogP) is 2.85. The number of carbonyl (C=O) groups is 1. The Kier molecular flexibility index (Phi) is 5.25. The van der Waals surface area contributed by atoms with E-state index in [0.717, 1.165) is 18.3 Å². The van der Waals surface area contributed by atoms with Gasteiger partial charge in [-0.2, -0.15) is 0 Å². The molecule has 1 aromatic heterocycles. The van der Waals surface area contributed by atoms with Crippen LogP contribution in [0, 0.1) is 10.1 Å². The molecule has 8 nitrogen and oxygen atoms in total. The fraction of sp³-hybridized carbons (Fsp3) is 0.214. The van der Waals surface area contributed by atoms with Crippen LogP contribution in [0.5, 0.6) is 0 Å². The molecule has 0 aliphatic rings. The highest BCUT2D eigenvalue weighted by molar-refractivity contribution is 7.90. The smallest absolute Gasteiger partial charge is 0.356 e. The first-order chi connectivity index (χ1) is 11.3. The summed E-state index contributed by atoms with van der Waals surface area (Å²) in [6.07, 6.45) is 1.68. The summed E-state index contributed by atoms with van der Waals surface area (Å²) in [6, 6.07) is 5.76. The normalized spacial score (nSPS) is 11.2. The summed E-state index contributed by atoms with van der Waals surface area (Å²) in [7, 11) is -4.40. The maximum absolute atomic E-state index is 12.8. The van der Waals surface area contributed by atoms with Gasteiger partial charge in [0.25, 0.3) is 15.7 Å². The summed E-state index contributed by atoms with van der Waals surface area (Å²) in [5, 5.41) is 11.1. The van der Waals surface area contributed by atoms with Crippen molar-refractivity contribution < 1.29 is 22.9 Å². The van der Waals surface area contributed by atoms with Crippen LogP contribution in [0.15, 0.2) is 41.4 Å². The summed E-state index contributed by atoms with van der Waals surface area (Å²) in [4.78, 5) is 21.6. The molecule has 0 N–H and O–H groups in total. The molecule has 128 valence electrons. The lowest BCUT2D eigenvalue weighted by molar-refractivity contribution is -0.387. The summed E-state index contributed by atoms with van der Waals surface area (Å²) in [5.41, 5.74) is -0.890. The molecule has 0 saturated carbocycles. The van der Waals surface area contributed by atoms with Crippen LogP contribution in [0.25, 0.3) is 0 Å². The lowest BCUT2D eigenvalue weighted by Crippen LogP contribution is -2.20. The van der Waals surface area contributed by atoms with E-state index in [1.807, 2.05) is 0 Å². The second kappa shape index (κ2) is 7.02. The minimum atomic E-state index is -4.40. The number of halogens is 1. The fourth-order valence-corrected chi connectivity index (χ4v) is 3.71. The zero-order valence-electron chi connectivity index (χ0n) is 12.5. The maximum Gasteiger partial charge on any atom is 0.356 e. The Balaban J connectivity index is 2.58. The van der Waals surface area contributed by atoms with Gasteiger partial charge in [-0.15, -0.1) is 0 Å². The van der Waals surface area contributed by atoms with E-state index < -0.39 is 31.5 Å². The largest absolute Gasteiger partial charge is 0.461 e. The molecule has 0 radical (unpaired) electrons. The third-order valence-corrected chi connectivity index (χ3v) is 4.97. The number of ether oxygens (including phenoxy) is 1. The molecule has 1 heterocycles. The molecule has 0 amide bonds. The molecule has 0 spiro atoms. The lowest BCUT2D eigenvalue weighted by atomic mass is 10.3. The van der Waals surface area contributed by atoms with Crippen molar-refractivity contribution in [3.05, 3.63) is 57.4 Å². The summed E-state index contributed by atoms with van der Waals surface area (Å²) < 4.78 is 31.1. The number of esters is 1. The maximum atomic E-state index is 12.8. The fourth-order valence-electron chi connectivity index (χ4n) is 1.95. The van der Waals surface area contributed by atoms with Gasteiger partial charge in [0.15, 0.2) is 4.90 Å². The quantitative estimate of drug-likeness (QED) is 0.438. The van der Waals surface area contributed by atoms with E-state index in [-0.39, 0.29) is 17.3 Å². The molecule has 1 aromatic carbocycles. The molecular formula is C14H13ClN2O6S. The molecule has 0 fully saturated rings. The van der Waals surface area contributed by atoms with Gasteiger partial charge in [-0.1, -0.05) is 18.5 Å². The summed E-state index contributed by atoms with van der Waals surface area (Å²) >= 11 is 5.77. The van der Waals surface area contributed by atoms with Crippen molar-refractivity contribution in [2.24, 2.45) is 0 Å². The van der Waals surface area contributed by atoms with E-state index in [1.165, 1.54) is 18.2 Å². The first kappa shape index (κ1) is 18.0. The highest BCUT2D eigenvalue weighted by atomic mass is 35.5. The molecule has 10 heteroatoms. The van der Waals surface area contributed by atoms with E-state index in [9.17, 15) is 23.3 Å². The van der Waals surface area contributed by atoms with E-state index >= 15 is 0 Å². The molecule has 0 aliphatic heterocycles. The van der Waals surface area contributed by atoms with Gasteiger partial charge in [-0.25, -0.2) is 17.2 Å². The van der Waals surface area contributed by atoms with Crippen molar-refractivity contribution >= 4 is 33.3 Å². The number of nitro benzene ring substituents is 1. The van der Waals surface area contributed by atoms with Gasteiger partial charge in [0, 0.05) is 17.3 Å². The monoisotopic (exact) mass is 372 g/mol. The van der Waals surface area contributed by atoms with Crippen LogP contribution in [-0.4, -0.2) is 29.9 Å². The minimum Gasteiger partial charge on any atom is -0.461 e. The highest BCUT2D eigenvalue weighted by Crippen LogP contribution is 2.29. The number of benzene rings is 1. The van der Waals surface area contributed by atoms with E-state index in [4.69, 9.17) is 16.3 Å². The Morgan fingerprint density at radius 2 is 2.08 bits per heavy atom. The Morgan fingerprint density at radius 1 is 1.38 bits per heavy atom. The topological polar surface area (TPSA) is 109 Å². The number of aromatic nitrogens is 1. The van der Waals surface area contributed by atoms with E-state index in [2.05, 4.69) is 0 Å². The molecule has 0 aliphatic carbocycles. The van der Waals surface area contributed by atoms with Crippen molar-refractivity contribution in [3.8, 4) is 0 Å². The number of nitrogens with zero attached hydrogens (tertiary/aromatic N) is 2. The summed E-state index contributed by atoms with van der Waals surface area (Å²) in [6.45, 7) is 1.92. The molecular weight excluding hydrogens is 360 g/mol. The van der Waals surface area contributed by atoms with Crippen LogP contribution in [0.2, 0.25) is 5.02 Å². The van der Waals surface area contributed by atoms with Crippen LogP contribution in [0.1, 0.15) is 23.8 Å². The SMILES string of the molecule is CCCOC(=O)c1cccn1S(=O)(=O)c1cc(Cl)ccc1[N+](=O)[O-]. The zero-order valence-corrected chi connectivity index (χ0v) is 14.1. The standard InChI is InChI=1S/C14H13ClN2O6S/c1-2-8-23-14(18)12-4-3-7-16(12)24(21,22)13-9-10(15)5-6-11(13)17(19)20/h3-7,9H,2,8H2,1H3. The molecule has 2 rings (SSSR count). The average Bonchev–Trinajstić information content (AvgIpc) is 3.02. The van der Waals surface area contributed by atoms with Gasteiger partial charge in [-0.3, -0.25) is 10.1 Å².